The van der Waals surface area contributed by atoms with Gasteiger partial charge in [-0.1, -0.05) is 43.5 Å². The van der Waals surface area contributed by atoms with Crippen LogP contribution in [0.1, 0.15) is 70.8 Å². The second kappa shape index (κ2) is 10.5. The highest BCUT2D eigenvalue weighted by atomic mass is 32.2. The molecule has 33 heavy (non-hydrogen) atoms. The summed E-state index contributed by atoms with van der Waals surface area (Å²) < 4.78 is 5.34. The molecule has 1 amide bonds. The summed E-state index contributed by atoms with van der Waals surface area (Å²) in [6.07, 6.45) is 10.2. The summed E-state index contributed by atoms with van der Waals surface area (Å²) in [6, 6.07) is 16.2. The van der Waals surface area contributed by atoms with Crippen LogP contribution in [0.4, 0.5) is 5.69 Å². The quantitative estimate of drug-likeness (QED) is 0.427. The first-order valence-electron chi connectivity index (χ1n) is 12.5. The van der Waals surface area contributed by atoms with Crippen molar-refractivity contribution in [2.75, 3.05) is 25.1 Å². The molecule has 0 bridgehead atoms. The third-order valence-electron chi connectivity index (χ3n) is 7.26. The fourth-order valence-electron chi connectivity index (χ4n) is 5.06. The van der Waals surface area contributed by atoms with Crippen LogP contribution in [0.15, 0.2) is 53.4 Å². The smallest absolute Gasteiger partial charge is 0.247 e. The summed E-state index contributed by atoms with van der Waals surface area (Å²) in [4.78, 5) is 16.1. The molecule has 4 nitrogen and oxygen atoms in total. The van der Waals surface area contributed by atoms with E-state index in [2.05, 4.69) is 18.3 Å². The Balaban J connectivity index is 1.23. The molecule has 0 aromatic heterocycles. The van der Waals surface area contributed by atoms with E-state index in [1.54, 1.807) is 16.7 Å². The van der Waals surface area contributed by atoms with E-state index in [1.807, 2.05) is 56.4 Å². The van der Waals surface area contributed by atoms with Crippen LogP contribution >= 0.6 is 11.8 Å². The summed E-state index contributed by atoms with van der Waals surface area (Å²) in [6.45, 7) is 6.24. The Morgan fingerprint density at radius 2 is 1.70 bits per heavy atom. The van der Waals surface area contributed by atoms with E-state index < -0.39 is 4.75 Å². The highest BCUT2D eigenvalue weighted by Gasteiger charge is 2.43. The van der Waals surface area contributed by atoms with Crippen LogP contribution < -0.4 is 15.0 Å². The lowest BCUT2D eigenvalue weighted by molar-refractivity contribution is -0.120. The van der Waals surface area contributed by atoms with E-state index in [1.165, 1.54) is 44.9 Å². The minimum atomic E-state index is -0.635. The van der Waals surface area contributed by atoms with Crippen LogP contribution in [-0.4, -0.2) is 31.6 Å². The van der Waals surface area contributed by atoms with Gasteiger partial charge in [0.25, 0.3) is 0 Å². The van der Waals surface area contributed by atoms with Crippen LogP contribution in [0.5, 0.6) is 5.75 Å². The van der Waals surface area contributed by atoms with Gasteiger partial charge >= 0.3 is 0 Å². The van der Waals surface area contributed by atoms with Crippen molar-refractivity contribution in [3.8, 4) is 5.75 Å². The number of anilines is 1. The molecular weight excluding hydrogens is 428 g/mol. The largest absolute Gasteiger partial charge is 0.494 e. The van der Waals surface area contributed by atoms with Crippen LogP contribution in [0.25, 0.3) is 0 Å². The highest BCUT2D eigenvalue weighted by Crippen LogP contribution is 2.50. The van der Waals surface area contributed by atoms with Crippen molar-refractivity contribution in [2.45, 2.75) is 80.4 Å². The van der Waals surface area contributed by atoms with Crippen molar-refractivity contribution < 1.29 is 9.53 Å². The summed E-state index contributed by atoms with van der Waals surface area (Å²) in [5.41, 5.74) is 2.35. The van der Waals surface area contributed by atoms with Gasteiger partial charge in [-0.05, 0) is 82.3 Å². The Hall–Kier alpha value is -1.98. The van der Waals surface area contributed by atoms with Crippen molar-refractivity contribution in [1.29, 1.82) is 0 Å². The van der Waals surface area contributed by atoms with Gasteiger partial charge < -0.3 is 15.0 Å². The molecule has 0 radical (unpaired) electrons. The standard InChI is InChI=1S/C28H38N2O2S/c1-27(18-8-4-9-19-27)29-20-10-5-11-21-32-23-16-14-22(15-17-23)28(2)26(31)30(3)24-12-6-7-13-25(24)33-28/h6-7,12-17,29H,4-5,8-11,18-21H2,1-3H3. The molecule has 178 valence electrons. The summed E-state index contributed by atoms with van der Waals surface area (Å²) in [5, 5.41) is 3.79. The third-order valence-corrected chi connectivity index (χ3v) is 8.64. The fourth-order valence-corrected chi connectivity index (χ4v) is 6.43. The average Bonchev–Trinajstić information content (AvgIpc) is 2.83. The zero-order chi connectivity index (χ0) is 23.3. The maximum absolute atomic E-state index is 13.2. The fraction of sp³-hybridized carbons (Fsp3) is 0.536. The van der Waals surface area contributed by atoms with Crippen LogP contribution in [0.2, 0.25) is 0 Å². The molecule has 1 aliphatic carbocycles. The van der Waals surface area contributed by atoms with Crippen LogP contribution in [0, 0.1) is 0 Å². The van der Waals surface area contributed by atoms with Gasteiger partial charge in [0.2, 0.25) is 5.91 Å². The molecule has 1 fully saturated rings. The number of fused-ring (bicyclic) bond motifs is 1. The zero-order valence-corrected chi connectivity index (χ0v) is 21.2. The molecule has 2 aromatic rings. The predicted molar refractivity (Wildman–Crippen MR) is 138 cm³/mol. The molecule has 1 heterocycles. The van der Waals surface area contributed by atoms with Gasteiger partial charge in [0.15, 0.2) is 0 Å². The number of hydrogen-bond acceptors (Lipinski definition) is 4. The van der Waals surface area contributed by atoms with Gasteiger partial charge in [-0.2, -0.15) is 0 Å². The molecule has 1 aliphatic heterocycles. The Kier molecular flexibility index (Phi) is 7.70. The van der Waals surface area contributed by atoms with Gasteiger partial charge in [0.1, 0.15) is 10.5 Å². The lowest BCUT2D eigenvalue weighted by atomic mass is 9.83. The molecule has 1 N–H and O–H groups in total. The number of amides is 1. The van der Waals surface area contributed by atoms with E-state index in [0.717, 1.165) is 41.5 Å². The van der Waals surface area contributed by atoms with E-state index in [4.69, 9.17) is 4.74 Å². The highest BCUT2D eigenvalue weighted by molar-refractivity contribution is 8.01. The number of hydrogen-bond donors (Lipinski definition) is 1. The van der Waals surface area contributed by atoms with Gasteiger partial charge in [0, 0.05) is 17.5 Å². The number of benzene rings is 2. The molecule has 1 saturated carbocycles. The monoisotopic (exact) mass is 466 g/mol. The Morgan fingerprint density at radius 3 is 2.45 bits per heavy atom. The zero-order valence-electron chi connectivity index (χ0n) is 20.4. The van der Waals surface area contributed by atoms with Crippen molar-refractivity contribution >= 4 is 23.4 Å². The topological polar surface area (TPSA) is 41.6 Å². The van der Waals surface area contributed by atoms with Gasteiger partial charge in [-0.3, -0.25) is 4.79 Å². The van der Waals surface area contributed by atoms with Crippen molar-refractivity contribution in [2.24, 2.45) is 0 Å². The van der Waals surface area contributed by atoms with Gasteiger partial charge in [0.05, 0.1) is 12.3 Å². The third kappa shape index (κ3) is 5.58. The minimum absolute atomic E-state index is 0.107. The molecule has 1 unspecified atom stereocenters. The molecule has 2 aromatic carbocycles. The number of thioether (sulfide) groups is 1. The number of carbonyl (C=O) groups excluding carboxylic acids is 1. The van der Waals surface area contributed by atoms with Crippen molar-refractivity contribution in [3.05, 3.63) is 54.1 Å². The van der Waals surface area contributed by atoms with Gasteiger partial charge in [-0.25, -0.2) is 0 Å². The number of ether oxygens (including phenoxy) is 1. The van der Waals surface area contributed by atoms with Crippen molar-refractivity contribution in [3.63, 3.8) is 0 Å². The van der Waals surface area contributed by atoms with Crippen molar-refractivity contribution in [1.82, 2.24) is 5.32 Å². The maximum atomic E-state index is 13.2. The molecule has 0 saturated heterocycles. The molecular formula is C28H38N2O2S. The van der Waals surface area contributed by atoms with Crippen LogP contribution in [0.3, 0.4) is 0 Å². The van der Waals surface area contributed by atoms with Crippen LogP contribution in [-0.2, 0) is 9.54 Å². The number of carbonyl (C=O) groups is 1. The molecule has 4 rings (SSSR count). The van der Waals surface area contributed by atoms with E-state index in [9.17, 15) is 4.79 Å². The minimum Gasteiger partial charge on any atom is -0.494 e. The van der Waals surface area contributed by atoms with Gasteiger partial charge in [-0.15, -0.1) is 11.8 Å². The Bertz CT molecular complexity index is 939. The molecule has 1 atom stereocenters. The number of unbranched alkanes of at least 4 members (excludes halogenated alkanes) is 2. The number of para-hydroxylation sites is 1. The number of rotatable bonds is 9. The Labute approximate surface area is 203 Å². The first-order chi connectivity index (χ1) is 15.9. The second-order valence-electron chi connectivity index (χ2n) is 9.95. The molecule has 5 heteroatoms. The number of likely N-dealkylation sites (N-methyl/N-ethyl adjacent to an activating group) is 1. The number of nitrogens with zero attached hydrogens (tertiary/aromatic N) is 1. The SMILES string of the molecule is CN1C(=O)C(C)(c2ccc(OCCCCCNC3(C)CCCCC3)cc2)Sc2ccccc21. The molecule has 2 aliphatic rings. The molecule has 0 spiro atoms. The van der Waals surface area contributed by atoms with E-state index >= 15 is 0 Å². The average molecular weight is 467 g/mol. The lowest BCUT2D eigenvalue weighted by Crippen LogP contribution is -2.44. The second-order valence-corrected chi connectivity index (χ2v) is 11.4. The van der Waals surface area contributed by atoms with E-state index in [0.29, 0.717) is 5.54 Å². The predicted octanol–water partition coefficient (Wildman–Crippen LogP) is 6.53. The van der Waals surface area contributed by atoms with E-state index in [-0.39, 0.29) is 5.91 Å². The summed E-state index contributed by atoms with van der Waals surface area (Å²) >= 11 is 1.63. The lowest BCUT2D eigenvalue weighted by Gasteiger charge is -2.38. The normalized spacial score (nSPS) is 22.2. The summed E-state index contributed by atoms with van der Waals surface area (Å²) in [7, 11) is 1.86. The first-order valence-corrected chi connectivity index (χ1v) is 13.3. The number of nitrogens with one attached hydrogen (secondary N) is 1. The first kappa shape index (κ1) is 24.2. The Morgan fingerprint density at radius 1 is 0.970 bits per heavy atom. The maximum Gasteiger partial charge on any atom is 0.247 e. The summed E-state index contributed by atoms with van der Waals surface area (Å²) in [5.74, 6) is 0.979.